The van der Waals surface area contributed by atoms with Crippen molar-refractivity contribution in [3.05, 3.63) is 139 Å². The largest absolute Gasteiger partial charge is 0.493 e. The van der Waals surface area contributed by atoms with Gasteiger partial charge in [-0.25, -0.2) is 8.93 Å². The zero-order valence-electron chi connectivity index (χ0n) is 26.5. The molecule has 5 aromatic rings. The number of benzene rings is 5. The second kappa shape index (κ2) is 15.3. The van der Waals surface area contributed by atoms with Crippen LogP contribution >= 0.6 is 15.8 Å². The van der Waals surface area contributed by atoms with Crippen molar-refractivity contribution in [1.29, 1.82) is 0 Å². The Balaban J connectivity index is 1.76. The zero-order valence-corrected chi connectivity index (χ0v) is 29.1. The molecule has 0 fully saturated rings. The fourth-order valence-corrected chi connectivity index (χ4v) is 11.1. The lowest BCUT2D eigenvalue weighted by molar-refractivity contribution is 0.354. The average Bonchev–Trinajstić information content (AvgIpc) is 3.07. The van der Waals surface area contributed by atoms with Crippen LogP contribution in [0.25, 0.3) is 0 Å². The van der Waals surface area contributed by atoms with Crippen LogP contribution in [-0.4, -0.2) is 29.3 Å². The number of rotatable bonds is 12. The summed E-state index contributed by atoms with van der Waals surface area (Å²) >= 11 is 0. The molecule has 0 aliphatic carbocycles. The van der Waals surface area contributed by atoms with Crippen LogP contribution in [-0.2, 0) is 11.0 Å². The molecule has 232 valence electrons. The number of ether oxygens (including phenoxy) is 2. The van der Waals surface area contributed by atoms with Gasteiger partial charge in [0.05, 0.1) is 30.0 Å². The van der Waals surface area contributed by atoms with Gasteiger partial charge in [-0.2, -0.15) is 0 Å². The maximum Gasteiger partial charge on any atom is 0.161 e. The molecule has 1 unspecified atom stereocenters. The van der Waals surface area contributed by atoms with Gasteiger partial charge >= 0.3 is 0 Å². The number of hydrogen-bond acceptors (Lipinski definition) is 3. The molecule has 0 amide bonds. The minimum absolute atomic E-state index is 0.246. The highest BCUT2D eigenvalue weighted by atomic mass is 32.2. The first-order valence-electron chi connectivity index (χ1n) is 15.0. The predicted octanol–water partition coefficient (Wildman–Crippen LogP) is 6.69. The van der Waals surface area contributed by atoms with Gasteiger partial charge in [-0.1, -0.05) is 121 Å². The third-order valence-corrected chi connectivity index (χ3v) is 14.2. The van der Waals surface area contributed by atoms with Crippen LogP contribution in [0.4, 0.5) is 0 Å². The average molecular weight is 654 g/mol. The van der Waals surface area contributed by atoms with E-state index in [-0.39, 0.29) is 6.04 Å². The molecule has 0 aromatic heterocycles. The van der Waals surface area contributed by atoms with Crippen molar-refractivity contribution in [2.75, 3.05) is 20.4 Å². The normalized spacial score (nSPS) is 13.0. The second-order valence-electron chi connectivity index (χ2n) is 11.6. The standard InChI is InChI=1S/C38H41NO3P2S/c1-38(2,3)45(40)39-34(28-43(29-18-10-6-11-19-29)30-20-12-7-13-21-30)33-26-35(41-4)36(42-5)27-37(33)44(31-22-14-8-15-23-31)32-24-16-9-17-25-32/h6-27,34,39H,28H2,1-5H3/t34?,45-/m1/s1. The summed E-state index contributed by atoms with van der Waals surface area (Å²) in [6.45, 7) is 6.04. The van der Waals surface area contributed by atoms with Gasteiger partial charge in [-0.3, -0.25) is 0 Å². The van der Waals surface area contributed by atoms with Gasteiger partial charge in [0.15, 0.2) is 11.5 Å². The minimum atomic E-state index is -1.33. The van der Waals surface area contributed by atoms with Crippen molar-refractivity contribution in [2.24, 2.45) is 0 Å². The Morgan fingerprint density at radius 3 is 1.44 bits per heavy atom. The van der Waals surface area contributed by atoms with E-state index in [2.05, 4.69) is 138 Å². The quantitative estimate of drug-likeness (QED) is 0.153. The summed E-state index contributed by atoms with van der Waals surface area (Å²) in [7, 11) is 0.232. The molecular weight excluding hydrogens is 612 g/mol. The van der Waals surface area contributed by atoms with Crippen molar-refractivity contribution >= 4 is 53.4 Å². The molecule has 5 aromatic carbocycles. The maximum absolute atomic E-state index is 14.0. The van der Waals surface area contributed by atoms with Crippen LogP contribution < -0.4 is 40.7 Å². The molecular formula is C38H41NO3P2S. The topological polar surface area (TPSA) is 47.6 Å². The van der Waals surface area contributed by atoms with E-state index in [0.717, 1.165) is 17.0 Å². The van der Waals surface area contributed by atoms with Crippen molar-refractivity contribution in [2.45, 2.75) is 31.6 Å². The molecule has 0 spiro atoms. The first-order valence-corrected chi connectivity index (χ1v) is 19.0. The lowest BCUT2D eigenvalue weighted by atomic mass is 10.1. The lowest BCUT2D eigenvalue weighted by Crippen LogP contribution is -2.39. The molecule has 4 nitrogen and oxygen atoms in total. The molecule has 0 aliphatic heterocycles. The third kappa shape index (κ3) is 8.10. The summed E-state index contributed by atoms with van der Waals surface area (Å²) in [6.07, 6.45) is 0.750. The molecule has 0 saturated carbocycles. The Bertz CT molecular complexity index is 1600. The van der Waals surface area contributed by atoms with E-state index >= 15 is 0 Å². The van der Waals surface area contributed by atoms with Crippen LogP contribution in [0.1, 0.15) is 32.4 Å². The monoisotopic (exact) mass is 653 g/mol. The number of methoxy groups -OCH3 is 2. The smallest absolute Gasteiger partial charge is 0.161 e. The minimum Gasteiger partial charge on any atom is -0.493 e. The maximum atomic E-state index is 14.0. The third-order valence-electron chi connectivity index (χ3n) is 7.48. The van der Waals surface area contributed by atoms with Crippen LogP contribution in [0.5, 0.6) is 11.5 Å². The van der Waals surface area contributed by atoms with Gasteiger partial charge < -0.3 is 9.47 Å². The second-order valence-corrected chi connectivity index (χ2v) is 18.0. The molecule has 2 atom stereocenters. The van der Waals surface area contributed by atoms with E-state index in [1.165, 1.54) is 21.2 Å². The molecule has 0 heterocycles. The van der Waals surface area contributed by atoms with Crippen molar-refractivity contribution in [1.82, 2.24) is 4.72 Å². The Morgan fingerprint density at radius 1 is 0.644 bits per heavy atom. The fourth-order valence-electron chi connectivity index (χ4n) is 5.20. The summed E-state index contributed by atoms with van der Waals surface area (Å²) in [5.41, 5.74) is 1.07. The van der Waals surface area contributed by atoms with Crippen molar-refractivity contribution in [3.8, 4) is 11.5 Å². The van der Waals surface area contributed by atoms with E-state index in [1.807, 2.05) is 20.8 Å². The van der Waals surface area contributed by atoms with Crippen LogP contribution in [0.3, 0.4) is 0 Å². The molecule has 0 bridgehead atoms. The Hall–Kier alpha value is -3.33. The molecule has 1 N–H and O–H groups in total. The first-order chi connectivity index (χ1) is 21.8. The van der Waals surface area contributed by atoms with E-state index < -0.39 is 31.6 Å². The van der Waals surface area contributed by atoms with Crippen LogP contribution in [0.2, 0.25) is 0 Å². The van der Waals surface area contributed by atoms with Crippen molar-refractivity contribution < 1.29 is 13.7 Å². The number of hydrogen-bond donors (Lipinski definition) is 1. The summed E-state index contributed by atoms with van der Waals surface area (Å²) in [4.78, 5) is 0. The van der Waals surface area contributed by atoms with Gasteiger partial charge in [0.25, 0.3) is 0 Å². The van der Waals surface area contributed by atoms with Crippen LogP contribution in [0.15, 0.2) is 133 Å². The van der Waals surface area contributed by atoms with E-state index in [1.54, 1.807) is 14.2 Å². The first kappa shape index (κ1) is 33.0. The molecule has 5 rings (SSSR count). The molecule has 45 heavy (non-hydrogen) atoms. The Labute approximate surface area is 273 Å². The molecule has 0 radical (unpaired) electrons. The SMILES string of the molecule is COc1cc(C(CP(c2ccccc2)c2ccccc2)N[S@](=O)C(C)(C)C)c(P(c2ccccc2)c2ccccc2)cc1OC. The summed E-state index contributed by atoms with van der Waals surface area (Å²) in [5, 5.41) is 6.18. The number of nitrogens with one attached hydrogen (secondary N) is 1. The highest BCUT2D eigenvalue weighted by molar-refractivity contribution is 7.84. The highest BCUT2D eigenvalue weighted by Gasteiger charge is 2.32. The van der Waals surface area contributed by atoms with Gasteiger partial charge in [0.1, 0.15) is 0 Å². The van der Waals surface area contributed by atoms with Gasteiger partial charge in [-0.15, -0.1) is 0 Å². The fraction of sp³-hybridized carbons (Fsp3) is 0.211. The Kier molecular flexibility index (Phi) is 11.2. The van der Waals surface area contributed by atoms with E-state index in [4.69, 9.17) is 9.47 Å². The van der Waals surface area contributed by atoms with E-state index in [9.17, 15) is 4.21 Å². The van der Waals surface area contributed by atoms with Crippen molar-refractivity contribution in [3.63, 3.8) is 0 Å². The van der Waals surface area contributed by atoms with Gasteiger partial charge in [0.2, 0.25) is 0 Å². The van der Waals surface area contributed by atoms with E-state index in [0.29, 0.717) is 11.5 Å². The van der Waals surface area contributed by atoms with Crippen LogP contribution in [0, 0.1) is 0 Å². The zero-order chi connectivity index (χ0) is 31.8. The predicted molar refractivity (Wildman–Crippen MR) is 196 cm³/mol. The summed E-state index contributed by atoms with van der Waals surface area (Å²) in [5.74, 6) is 1.34. The van der Waals surface area contributed by atoms with Gasteiger partial charge in [0, 0.05) is 6.04 Å². The molecule has 7 heteroatoms. The highest BCUT2D eigenvalue weighted by Crippen LogP contribution is 2.44. The summed E-state index contributed by atoms with van der Waals surface area (Å²) < 4.78 is 28.9. The molecule has 0 aliphatic rings. The lowest BCUT2D eigenvalue weighted by Gasteiger charge is -2.32. The van der Waals surface area contributed by atoms with Gasteiger partial charge in [-0.05, 0) is 87.0 Å². The Morgan fingerprint density at radius 2 is 1.04 bits per heavy atom. The molecule has 0 saturated heterocycles. The summed E-state index contributed by atoms with van der Waals surface area (Å²) in [6, 6.07) is 46.7.